The maximum absolute atomic E-state index is 13.0. The Kier molecular flexibility index (Phi) is 64.7. The smallest absolute Gasteiger partial charge is 0.305 e. The van der Waals surface area contributed by atoms with Gasteiger partial charge in [0, 0.05) is 12.8 Å². The number of nitrogens with one attached hydrogen (secondary N) is 1. The van der Waals surface area contributed by atoms with Crippen LogP contribution in [0.3, 0.4) is 0 Å². The first-order chi connectivity index (χ1) is 44.2. The molecule has 0 aromatic rings. The number of esters is 1. The van der Waals surface area contributed by atoms with Crippen molar-refractivity contribution >= 4 is 11.9 Å². The van der Waals surface area contributed by atoms with Crippen LogP contribution in [0.15, 0.2) is 48.6 Å². The third kappa shape index (κ3) is 56.0. The number of rotatable bonds is 69. The zero-order chi connectivity index (χ0) is 65.1. The Bertz CT molecular complexity index is 1630. The van der Waals surface area contributed by atoms with Gasteiger partial charge in [0.25, 0.3) is 0 Å². The molecule has 1 rings (SSSR count). The molecule has 0 spiro atoms. The van der Waals surface area contributed by atoms with Crippen LogP contribution >= 0.6 is 0 Å². The van der Waals surface area contributed by atoms with E-state index in [0.29, 0.717) is 19.4 Å². The summed E-state index contributed by atoms with van der Waals surface area (Å²) < 4.78 is 16.7. The van der Waals surface area contributed by atoms with E-state index in [9.17, 15) is 35.1 Å². The van der Waals surface area contributed by atoms with Crippen molar-refractivity contribution in [1.29, 1.82) is 0 Å². The number of unbranched alkanes of at least 4 members (excludes halogenated alkanes) is 49. The van der Waals surface area contributed by atoms with Crippen LogP contribution in [0.4, 0.5) is 0 Å². The van der Waals surface area contributed by atoms with Crippen LogP contribution in [0.5, 0.6) is 0 Å². The SMILES string of the molecule is CCCCC/C=C\C/C=C\CCCCCCCC(=O)OCCCCCCCCCCCCCCCCCC/C=C\CCCCCCCCCCCCCCCCCCCC(=O)NC(COC1OC(CO)C(O)C(O)C1O)C(O)/C=C/CCCCCCCCCC. The molecule has 1 fully saturated rings. The summed E-state index contributed by atoms with van der Waals surface area (Å²) in [6, 6.07) is -0.806. The summed E-state index contributed by atoms with van der Waals surface area (Å²) in [6.45, 7) is 4.33. The monoisotopic (exact) mass is 1270 g/mol. The van der Waals surface area contributed by atoms with Gasteiger partial charge in [-0.2, -0.15) is 0 Å². The van der Waals surface area contributed by atoms with Crippen molar-refractivity contribution in [3.05, 3.63) is 48.6 Å². The molecule has 1 heterocycles. The van der Waals surface area contributed by atoms with E-state index in [1.54, 1.807) is 6.08 Å². The predicted molar refractivity (Wildman–Crippen MR) is 380 cm³/mol. The Balaban J connectivity index is 1.87. The van der Waals surface area contributed by atoms with Crippen molar-refractivity contribution in [2.45, 2.75) is 423 Å². The topological polar surface area (TPSA) is 175 Å². The minimum atomic E-state index is -1.57. The Morgan fingerprint density at radius 3 is 1.16 bits per heavy atom. The summed E-state index contributed by atoms with van der Waals surface area (Å²) in [6.07, 6.45) is 80.1. The lowest BCUT2D eigenvalue weighted by atomic mass is 9.99. The van der Waals surface area contributed by atoms with Crippen LogP contribution in [-0.4, -0.2) is 100 Å². The number of hydrogen-bond donors (Lipinski definition) is 6. The maximum Gasteiger partial charge on any atom is 0.305 e. The van der Waals surface area contributed by atoms with Crippen LogP contribution in [-0.2, 0) is 23.8 Å². The van der Waals surface area contributed by atoms with Gasteiger partial charge < -0.3 is 45.1 Å². The number of hydrogen-bond acceptors (Lipinski definition) is 10. The van der Waals surface area contributed by atoms with Gasteiger partial charge in [0.1, 0.15) is 24.4 Å². The van der Waals surface area contributed by atoms with Crippen molar-refractivity contribution in [3.8, 4) is 0 Å². The van der Waals surface area contributed by atoms with Crippen LogP contribution in [0.1, 0.15) is 380 Å². The summed E-state index contributed by atoms with van der Waals surface area (Å²) in [5.41, 5.74) is 0. The average Bonchev–Trinajstić information content (AvgIpc) is 0.997. The zero-order valence-electron chi connectivity index (χ0n) is 58.9. The summed E-state index contributed by atoms with van der Waals surface area (Å²) >= 11 is 0. The van der Waals surface area contributed by atoms with E-state index in [1.165, 1.54) is 289 Å². The number of aliphatic hydroxyl groups excluding tert-OH is 5. The molecule has 0 aromatic heterocycles. The van der Waals surface area contributed by atoms with Crippen LogP contribution in [0.25, 0.3) is 0 Å². The van der Waals surface area contributed by atoms with E-state index in [0.717, 1.165) is 64.2 Å². The van der Waals surface area contributed by atoms with Gasteiger partial charge in [-0.1, -0.05) is 326 Å². The molecule has 0 radical (unpaired) electrons. The molecule has 11 nitrogen and oxygen atoms in total. The van der Waals surface area contributed by atoms with Crippen molar-refractivity contribution in [2.75, 3.05) is 19.8 Å². The second-order valence-electron chi connectivity index (χ2n) is 27.1. The fraction of sp³-hybridized carbons (Fsp3) is 0.873. The second kappa shape index (κ2) is 68.0. The van der Waals surface area contributed by atoms with Gasteiger partial charge in [0.05, 0.1) is 32.0 Å². The lowest BCUT2D eigenvalue weighted by Crippen LogP contribution is -2.60. The minimum Gasteiger partial charge on any atom is -0.466 e. The molecule has 90 heavy (non-hydrogen) atoms. The van der Waals surface area contributed by atoms with Gasteiger partial charge in [-0.25, -0.2) is 0 Å². The molecule has 528 valence electrons. The van der Waals surface area contributed by atoms with E-state index in [2.05, 4.69) is 55.6 Å². The summed E-state index contributed by atoms with van der Waals surface area (Å²) in [4.78, 5) is 25.1. The molecule has 1 aliphatic heterocycles. The maximum atomic E-state index is 13.0. The van der Waals surface area contributed by atoms with Gasteiger partial charge in [-0.15, -0.1) is 0 Å². The van der Waals surface area contributed by atoms with E-state index in [1.807, 2.05) is 6.08 Å². The first-order valence-corrected chi connectivity index (χ1v) is 38.9. The van der Waals surface area contributed by atoms with Crippen molar-refractivity contribution in [1.82, 2.24) is 5.32 Å². The average molecular weight is 1270 g/mol. The zero-order valence-corrected chi connectivity index (χ0v) is 58.9. The Morgan fingerprint density at radius 1 is 0.411 bits per heavy atom. The molecule has 0 aromatic carbocycles. The standard InChI is InChI=1S/C79H147NO10/c1-3-5-7-9-11-13-15-16-40-44-47-51-55-59-63-67-75(84)88-68-64-60-56-52-48-45-42-39-37-35-33-31-29-27-25-23-21-19-17-18-20-22-24-26-28-30-32-34-36-38-41-43-46-50-54-58-62-66-74(83)80-71(70-89-79-78(87)77(86)76(85)73(69-81)90-79)72(82)65-61-57-53-49-14-12-10-8-6-4-2/h11,13,16-17,19,40,61,65,71-73,76-79,81-82,85-87H,3-10,12,14-15,18,20-39,41-60,62-64,66-70H2,1-2H3,(H,80,83)/b13-11-,19-17-,40-16-,65-61+. The van der Waals surface area contributed by atoms with Gasteiger partial charge in [-0.05, 0) is 89.9 Å². The van der Waals surface area contributed by atoms with Gasteiger partial charge in [0.15, 0.2) is 6.29 Å². The third-order valence-corrected chi connectivity index (χ3v) is 18.4. The summed E-state index contributed by atoms with van der Waals surface area (Å²) in [5, 5.41) is 54.4. The number of amides is 1. The largest absolute Gasteiger partial charge is 0.466 e. The number of ether oxygens (including phenoxy) is 3. The molecule has 1 aliphatic rings. The lowest BCUT2D eigenvalue weighted by Gasteiger charge is -2.40. The number of allylic oxidation sites excluding steroid dienone is 7. The van der Waals surface area contributed by atoms with Crippen molar-refractivity contribution in [3.63, 3.8) is 0 Å². The van der Waals surface area contributed by atoms with E-state index in [-0.39, 0.29) is 18.5 Å². The minimum absolute atomic E-state index is 0.00140. The van der Waals surface area contributed by atoms with Crippen LogP contribution in [0, 0.1) is 0 Å². The molecule has 1 amide bonds. The van der Waals surface area contributed by atoms with Crippen molar-refractivity contribution in [2.24, 2.45) is 0 Å². The quantitative estimate of drug-likeness (QED) is 0.0195. The van der Waals surface area contributed by atoms with E-state index < -0.39 is 49.5 Å². The molecular weight excluding hydrogens is 1120 g/mol. The highest BCUT2D eigenvalue weighted by atomic mass is 16.7. The third-order valence-electron chi connectivity index (χ3n) is 18.4. The van der Waals surface area contributed by atoms with Crippen LogP contribution < -0.4 is 5.32 Å². The number of carbonyl (C=O) groups excluding carboxylic acids is 2. The molecule has 11 heteroatoms. The van der Waals surface area contributed by atoms with Gasteiger partial charge in [0.2, 0.25) is 5.91 Å². The number of aliphatic hydroxyl groups is 5. The molecule has 7 unspecified atom stereocenters. The normalized spacial score (nSPS) is 17.9. The van der Waals surface area contributed by atoms with Gasteiger partial charge in [-0.3, -0.25) is 9.59 Å². The summed E-state index contributed by atoms with van der Waals surface area (Å²) in [5.74, 6) is -0.176. The molecule has 1 saturated heterocycles. The highest BCUT2D eigenvalue weighted by Crippen LogP contribution is 2.24. The first kappa shape index (κ1) is 85.6. The Labute approximate surface area is 555 Å². The van der Waals surface area contributed by atoms with E-state index >= 15 is 0 Å². The molecule has 0 saturated carbocycles. The molecule has 0 aliphatic carbocycles. The number of carbonyl (C=O) groups is 2. The fourth-order valence-corrected chi connectivity index (χ4v) is 12.3. The van der Waals surface area contributed by atoms with E-state index in [4.69, 9.17) is 14.2 Å². The van der Waals surface area contributed by atoms with Crippen LogP contribution in [0.2, 0.25) is 0 Å². The molecular formula is C79H147NO10. The lowest BCUT2D eigenvalue weighted by molar-refractivity contribution is -0.302. The Morgan fingerprint density at radius 2 is 0.744 bits per heavy atom. The molecule has 7 atom stereocenters. The van der Waals surface area contributed by atoms with Crippen molar-refractivity contribution < 1.29 is 49.3 Å². The molecule has 0 bridgehead atoms. The first-order valence-electron chi connectivity index (χ1n) is 38.9. The molecule has 6 N–H and O–H groups in total. The predicted octanol–water partition coefficient (Wildman–Crippen LogP) is 20.7. The Hall–Kier alpha value is -2.38. The summed E-state index contributed by atoms with van der Waals surface area (Å²) in [7, 11) is 0. The fourth-order valence-electron chi connectivity index (χ4n) is 12.3. The second-order valence-corrected chi connectivity index (χ2v) is 27.1. The van der Waals surface area contributed by atoms with Gasteiger partial charge >= 0.3 is 5.97 Å². The highest BCUT2D eigenvalue weighted by Gasteiger charge is 2.44. The highest BCUT2D eigenvalue weighted by molar-refractivity contribution is 5.76.